The molecule has 2 aromatic rings. The average Bonchev–Trinajstić information content (AvgIpc) is 3.07. The highest BCUT2D eigenvalue weighted by atomic mass is 19.4. The van der Waals surface area contributed by atoms with Gasteiger partial charge in [-0.25, -0.2) is 19.3 Å². The van der Waals surface area contributed by atoms with Gasteiger partial charge in [0.05, 0.1) is 12.7 Å². The molecule has 160 valence electrons. The maximum Gasteiger partial charge on any atom is 0.491 e. The molecule has 0 saturated carbocycles. The molecule has 30 heavy (non-hydrogen) atoms. The number of ether oxygens (including phenoxy) is 1. The summed E-state index contributed by atoms with van der Waals surface area (Å²) in [6.07, 6.45) is -4.11. The Balaban J connectivity index is 1.97. The summed E-state index contributed by atoms with van der Waals surface area (Å²) in [4.78, 5) is 41.8. The second-order valence-corrected chi connectivity index (χ2v) is 6.26. The fraction of sp³-hybridized carbons (Fsp3) is 0.471. The van der Waals surface area contributed by atoms with Crippen LogP contribution in [0.1, 0.15) is 6.92 Å². The number of carbonyl (C=O) groups excluding carboxylic acids is 2. The summed E-state index contributed by atoms with van der Waals surface area (Å²) in [7, 11) is 0. The van der Waals surface area contributed by atoms with Crippen molar-refractivity contribution in [2.75, 3.05) is 31.1 Å². The summed E-state index contributed by atoms with van der Waals surface area (Å²) >= 11 is 0. The molecular weight excluding hydrogens is 409 g/mol. The highest BCUT2D eigenvalue weighted by Crippen LogP contribution is 2.20. The van der Waals surface area contributed by atoms with Crippen LogP contribution in [0.3, 0.4) is 0 Å². The van der Waals surface area contributed by atoms with Crippen LogP contribution in [0.2, 0.25) is 0 Å². The zero-order valence-electron chi connectivity index (χ0n) is 15.8. The molecule has 0 radical (unpaired) electrons. The van der Waals surface area contributed by atoms with Gasteiger partial charge in [0.1, 0.15) is 17.6 Å². The third-order valence-corrected chi connectivity index (χ3v) is 4.26. The molecule has 1 saturated heterocycles. The Morgan fingerprint density at radius 3 is 2.63 bits per heavy atom. The topological polar surface area (TPSA) is 111 Å². The standard InChI is InChI=1S/C17H17F3N6O4/c1-2-3-6-25-13-11(23-16(25)24-7-4-21-5-8-24)9-22-26(14(13)28)10-12(27)30-15(29)17(18,19)20/h9,21H,4-8,10H2,1H3. The number of alkyl halides is 3. The number of nitrogens with zero attached hydrogens (tertiary/aromatic N) is 5. The van der Waals surface area contributed by atoms with Crippen LogP contribution in [0.5, 0.6) is 0 Å². The van der Waals surface area contributed by atoms with E-state index >= 15 is 0 Å². The number of hydrogen-bond donors (Lipinski definition) is 1. The quantitative estimate of drug-likeness (QED) is 0.402. The number of nitrogens with one attached hydrogen (secondary N) is 1. The molecule has 1 fully saturated rings. The first-order valence-corrected chi connectivity index (χ1v) is 8.86. The lowest BCUT2D eigenvalue weighted by Gasteiger charge is -2.28. The van der Waals surface area contributed by atoms with Gasteiger partial charge in [-0.3, -0.25) is 9.36 Å². The van der Waals surface area contributed by atoms with Crippen LogP contribution in [-0.2, 0) is 27.4 Å². The molecule has 0 atom stereocenters. The van der Waals surface area contributed by atoms with Crippen molar-refractivity contribution in [3.05, 3.63) is 16.6 Å². The number of carbonyl (C=O) groups is 2. The Morgan fingerprint density at radius 2 is 2.00 bits per heavy atom. The van der Waals surface area contributed by atoms with Crippen molar-refractivity contribution >= 4 is 28.9 Å². The van der Waals surface area contributed by atoms with Gasteiger partial charge in [0.2, 0.25) is 5.95 Å². The number of esters is 2. The minimum absolute atomic E-state index is 0.0937. The normalized spacial score (nSPS) is 14.3. The van der Waals surface area contributed by atoms with E-state index in [2.05, 4.69) is 32.0 Å². The van der Waals surface area contributed by atoms with Gasteiger partial charge in [-0.15, -0.1) is 5.92 Å². The smallest absolute Gasteiger partial charge is 0.385 e. The van der Waals surface area contributed by atoms with Crippen molar-refractivity contribution < 1.29 is 27.5 Å². The van der Waals surface area contributed by atoms with Gasteiger partial charge in [0.25, 0.3) is 5.56 Å². The van der Waals surface area contributed by atoms with Crippen LogP contribution >= 0.6 is 0 Å². The zero-order chi connectivity index (χ0) is 21.9. The second-order valence-electron chi connectivity index (χ2n) is 6.26. The van der Waals surface area contributed by atoms with Gasteiger partial charge in [0, 0.05) is 26.2 Å². The third-order valence-electron chi connectivity index (χ3n) is 4.26. The van der Waals surface area contributed by atoms with Gasteiger partial charge in [-0.05, 0) is 6.92 Å². The molecule has 2 aromatic heterocycles. The minimum atomic E-state index is -5.33. The van der Waals surface area contributed by atoms with Crippen LogP contribution in [0.25, 0.3) is 11.0 Å². The predicted molar refractivity (Wildman–Crippen MR) is 97.5 cm³/mol. The third kappa shape index (κ3) is 4.43. The van der Waals surface area contributed by atoms with Crippen molar-refractivity contribution in [2.45, 2.75) is 26.2 Å². The van der Waals surface area contributed by atoms with E-state index < -0.39 is 30.2 Å². The van der Waals surface area contributed by atoms with Crippen molar-refractivity contribution in [2.24, 2.45) is 0 Å². The highest BCUT2D eigenvalue weighted by molar-refractivity contribution is 5.88. The van der Waals surface area contributed by atoms with E-state index in [0.29, 0.717) is 23.7 Å². The molecule has 13 heteroatoms. The fourth-order valence-electron chi connectivity index (χ4n) is 2.92. The summed E-state index contributed by atoms with van der Waals surface area (Å²) in [5.74, 6) is 1.86. The molecule has 0 unspecified atom stereocenters. The van der Waals surface area contributed by atoms with Gasteiger partial charge < -0.3 is 15.0 Å². The first-order valence-electron chi connectivity index (χ1n) is 8.86. The Morgan fingerprint density at radius 1 is 1.30 bits per heavy atom. The number of rotatable bonds is 4. The summed E-state index contributed by atoms with van der Waals surface area (Å²) in [6.45, 7) is 3.56. The van der Waals surface area contributed by atoms with E-state index in [1.807, 2.05) is 4.90 Å². The Bertz CT molecular complexity index is 1090. The van der Waals surface area contributed by atoms with Gasteiger partial charge in [-0.2, -0.15) is 18.3 Å². The molecule has 0 amide bonds. The lowest BCUT2D eigenvalue weighted by Crippen LogP contribution is -2.44. The average molecular weight is 426 g/mol. The molecule has 1 aliphatic heterocycles. The Kier molecular flexibility index (Phi) is 6.06. The number of halogens is 3. The van der Waals surface area contributed by atoms with Crippen molar-refractivity contribution in [1.29, 1.82) is 0 Å². The number of hydrogen-bond acceptors (Lipinski definition) is 8. The molecule has 0 bridgehead atoms. The maximum atomic E-state index is 12.9. The van der Waals surface area contributed by atoms with Crippen molar-refractivity contribution in [3.8, 4) is 11.8 Å². The van der Waals surface area contributed by atoms with E-state index in [9.17, 15) is 27.6 Å². The molecule has 1 aliphatic rings. The van der Waals surface area contributed by atoms with E-state index in [1.54, 1.807) is 11.5 Å². The molecular formula is C17H17F3N6O4. The lowest BCUT2D eigenvalue weighted by atomic mass is 10.4. The van der Waals surface area contributed by atoms with Gasteiger partial charge in [0.15, 0.2) is 0 Å². The van der Waals surface area contributed by atoms with E-state index in [4.69, 9.17) is 0 Å². The second kappa shape index (κ2) is 8.54. The number of piperazine rings is 1. The van der Waals surface area contributed by atoms with E-state index in [0.717, 1.165) is 13.1 Å². The number of aromatic nitrogens is 4. The first kappa shape index (κ1) is 21.3. The summed E-state index contributed by atoms with van der Waals surface area (Å²) in [5, 5.41) is 6.97. The van der Waals surface area contributed by atoms with Crippen LogP contribution in [0.15, 0.2) is 11.0 Å². The van der Waals surface area contributed by atoms with Crippen LogP contribution in [0.4, 0.5) is 19.1 Å². The summed E-state index contributed by atoms with van der Waals surface area (Å²) in [5.41, 5.74) is -0.422. The number of imidazole rings is 1. The summed E-state index contributed by atoms with van der Waals surface area (Å²) in [6, 6.07) is 0. The largest absolute Gasteiger partial charge is 0.491 e. The molecule has 0 aromatic carbocycles. The van der Waals surface area contributed by atoms with Crippen LogP contribution in [0, 0.1) is 11.8 Å². The maximum absolute atomic E-state index is 12.9. The molecule has 0 aliphatic carbocycles. The Labute approximate surface area is 167 Å². The number of fused-ring (bicyclic) bond motifs is 1. The molecule has 1 N–H and O–H groups in total. The Hall–Kier alpha value is -3.40. The van der Waals surface area contributed by atoms with Crippen molar-refractivity contribution in [1.82, 2.24) is 24.6 Å². The molecule has 10 nitrogen and oxygen atoms in total. The first-order chi connectivity index (χ1) is 14.2. The highest BCUT2D eigenvalue weighted by Gasteiger charge is 2.42. The minimum Gasteiger partial charge on any atom is -0.385 e. The summed E-state index contributed by atoms with van der Waals surface area (Å²) < 4.78 is 42.6. The van der Waals surface area contributed by atoms with Crippen molar-refractivity contribution in [3.63, 3.8) is 0 Å². The van der Waals surface area contributed by atoms with Gasteiger partial charge in [-0.1, -0.05) is 5.92 Å². The molecule has 3 heterocycles. The van der Waals surface area contributed by atoms with E-state index in [-0.39, 0.29) is 17.6 Å². The molecule has 0 spiro atoms. The predicted octanol–water partition coefficient (Wildman–Crippen LogP) is -0.342. The van der Waals surface area contributed by atoms with E-state index in [1.165, 1.54) is 6.20 Å². The fourth-order valence-corrected chi connectivity index (χ4v) is 2.92. The zero-order valence-corrected chi connectivity index (χ0v) is 15.8. The lowest BCUT2D eigenvalue weighted by molar-refractivity contribution is -0.202. The number of anilines is 1. The monoisotopic (exact) mass is 426 g/mol. The van der Waals surface area contributed by atoms with Gasteiger partial charge >= 0.3 is 18.1 Å². The molecule has 3 rings (SSSR count). The van der Waals surface area contributed by atoms with Crippen LogP contribution < -0.4 is 15.8 Å². The van der Waals surface area contributed by atoms with Crippen LogP contribution in [-0.4, -0.2) is 63.6 Å². The SMILES string of the molecule is CC#CCn1c(N2CCNCC2)nc2cnn(CC(=O)OC(=O)C(F)(F)F)c(=O)c21.